The van der Waals surface area contributed by atoms with Gasteiger partial charge < -0.3 is 14.9 Å². The van der Waals surface area contributed by atoms with E-state index in [1.807, 2.05) is 10.3 Å². The fourth-order valence-corrected chi connectivity index (χ4v) is 4.87. The summed E-state index contributed by atoms with van der Waals surface area (Å²) < 4.78 is 0. The van der Waals surface area contributed by atoms with Gasteiger partial charge in [0.2, 0.25) is 5.91 Å². The number of nitrogens with zero attached hydrogens (tertiary/aromatic N) is 3. The molecule has 2 aliphatic rings. The van der Waals surface area contributed by atoms with Gasteiger partial charge in [-0.1, -0.05) is 0 Å². The third kappa shape index (κ3) is 3.22. The molecule has 2 aromatic rings. The second-order valence-electron chi connectivity index (χ2n) is 7.69. The number of piperidine rings is 1. The highest BCUT2D eigenvalue weighted by Gasteiger charge is 2.58. The number of aromatic nitrogens is 2. The predicted octanol–water partition coefficient (Wildman–Crippen LogP) is 2.53. The first-order chi connectivity index (χ1) is 12.9. The van der Waals surface area contributed by atoms with Crippen molar-refractivity contribution in [1.82, 2.24) is 20.0 Å². The van der Waals surface area contributed by atoms with E-state index in [1.54, 1.807) is 30.1 Å². The molecule has 2 fully saturated rings. The van der Waals surface area contributed by atoms with Crippen LogP contribution in [0.5, 0.6) is 5.75 Å². The molecule has 1 aliphatic carbocycles. The summed E-state index contributed by atoms with van der Waals surface area (Å²) in [6.07, 6.45) is 2.77. The molecule has 3 heterocycles. The summed E-state index contributed by atoms with van der Waals surface area (Å²) in [5.41, 5.74) is 1.90. The Labute approximate surface area is 162 Å². The van der Waals surface area contributed by atoms with Gasteiger partial charge in [0.25, 0.3) is 5.91 Å². The third-order valence-corrected chi connectivity index (χ3v) is 6.77. The van der Waals surface area contributed by atoms with Crippen molar-refractivity contribution in [3.8, 4) is 5.75 Å². The number of rotatable bonds is 4. The molecule has 1 spiro atoms. The minimum Gasteiger partial charge on any atom is -0.504 e. The van der Waals surface area contributed by atoms with E-state index >= 15 is 0 Å². The largest absolute Gasteiger partial charge is 0.504 e. The van der Waals surface area contributed by atoms with Crippen molar-refractivity contribution in [3.63, 3.8) is 0 Å². The Hall–Kier alpha value is -2.35. The van der Waals surface area contributed by atoms with Crippen LogP contribution in [0, 0.1) is 12.3 Å². The number of aromatic hydroxyl groups is 1. The maximum absolute atomic E-state index is 12.6. The minimum absolute atomic E-state index is 0.0666. The van der Waals surface area contributed by atoms with Crippen molar-refractivity contribution in [2.24, 2.45) is 5.41 Å². The maximum atomic E-state index is 12.6. The third-order valence-electron chi connectivity index (χ3n) is 6.04. The molecule has 1 saturated carbocycles. The van der Waals surface area contributed by atoms with Crippen LogP contribution in [0.1, 0.15) is 47.9 Å². The molecule has 0 aromatic carbocycles. The Kier molecular flexibility index (Phi) is 4.46. The molecule has 1 saturated heterocycles. The van der Waals surface area contributed by atoms with Gasteiger partial charge in [-0.15, -0.1) is 0 Å². The molecule has 7 nitrogen and oxygen atoms in total. The van der Waals surface area contributed by atoms with Crippen LogP contribution in [0.15, 0.2) is 16.8 Å². The number of carbonyl (C=O) groups excluding carboxylic acids is 2. The van der Waals surface area contributed by atoms with Gasteiger partial charge in [0.15, 0.2) is 11.4 Å². The van der Waals surface area contributed by atoms with Gasteiger partial charge >= 0.3 is 0 Å². The predicted molar refractivity (Wildman–Crippen MR) is 102 cm³/mol. The molecule has 8 heteroatoms. The first-order valence-corrected chi connectivity index (χ1v) is 10.2. The Bertz CT molecular complexity index is 852. The second kappa shape index (κ2) is 6.67. The monoisotopic (exact) mass is 388 g/mol. The van der Waals surface area contributed by atoms with Gasteiger partial charge in [-0.25, -0.2) is 0 Å². The second-order valence-corrected chi connectivity index (χ2v) is 8.47. The molecule has 27 heavy (non-hydrogen) atoms. The van der Waals surface area contributed by atoms with Crippen LogP contribution in [0.25, 0.3) is 0 Å². The quantitative estimate of drug-likeness (QED) is 0.842. The molecule has 2 N–H and O–H groups in total. The zero-order valence-electron chi connectivity index (χ0n) is 15.6. The fourth-order valence-electron chi connectivity index (χ4n) is 4.21. The normalized spacial score (nSPS) is 20.7. The SMILES string of the molecule is CC(=O)N(Cc1ccsc1)C1CC12CCN(C(=O)c1[nH]nc(C)c1O)CC2. The van der Waals surface area contributed by atoms with E-state index in [0.29, 0.717) is 25.3 Å². The Morgan fingerprint density at radius 1 is 1.44 bits per heavy atom. The molecule has 1 atom stereocenters. The van der Waals surface area contributed by atoms with Crippen LogP contribution in [-0.4, -0.2) is 56.0 Å². The number of likely N-dealkylation sites (tertiary alicyclic amines) is 1. The Balaban J connectivity index is 1.39. The lowest BCUT2D eigenvalue weighted by atomic mass is 9.92. The summed E-state index contributed by atoms with van der Waals surface area (Å²) in [5.74, 6) is -0.163. The number of thiophene rings is 1. The average Bonchev–Trinajstić information content (AvgIpc) is 2.98. The molecule has 0 bridgehead atoms. The van der Waals surface area contributed by atoms with E-state index in [2.05, 4.69) is 21.6 Å². The van der Waals surface area contributed by atoms with Crippen molar-refractivity contribution in [2.75, 3.05) is 13.1 Å². The summed E-state index contributed by atoms with van der Waals surface area (Å²) in [7, 11) is 0. The van der Waals surface area contributed by atoms with Crippen molar-refractivity contribution in [2.45, 2.75) is 45.7 Å². The van der Waals surface area contributed by atoms with Crippen molar-refractivity contribution < 1.29 is 14.7 Å². The smallest absolute Gasteiger partial charge is 0.275 e. The van der Waals surface area contributed by atoms with Crippen LogP contribution < -0.4 is 0 Å². The van der Waals surface area contributed by atoms with Crippen molar-refractivity contribution in [3.05, 3.63) is 33.8 Å². The number of hydrogen-bond donors (Lipinski definition) is 2. The standard InChI is InChI=1S/C19H24N4O3S/c1-12-17(25)16(21-20-12)18(26)22-6-4-19(5-7-22)9-15(19)23(13(2)24)10-14-3-8-27-11-14/h3,8,11,15,25H,4-7,9-10H2,1-2H3,(H,20,21). The zero-order valence-corrected chi connectivity index (χ0v) is 16.4. The van der Waals surface area contributed by atoms with Gasteiger partial charge in [0, 0.05) is 32.6 Å². The zero-order chi connectivity index (χ0) is 19.2. The van der Waals surface area contributed by atoms with Gasteiger partial charge in [0.1, 0.15) is 5.69 Å². The number of hydrogen-bond acceptors (Lipinski definition) is 5. The molecular weight excluding hydrogens is 364 g/mol. The summed E-state index contributed by atoms with van der Waals surface area (Å²) in [4.78, 5) is 28.6. The molecular formula is C19H24N4O3S. The van der Waals surface area contributed by atoms with Gasteiger partial charge in [-0.3, -0.25) is 14.7 Å². The number of amides is 2. The van der Waals surface area contributed by atoms with Crippen LogP contribution in [0.3, 0.4) is 0 Å². The van der Waals surface area contributed by atoms with Gasteiger partial charge in [-0.2, -0.15) is 16.4 Å². The number of aryl methyl sites for hydroxylation is 1. The summed E-state index contributed by atoms with van der Waals surface area (Å²) >= 11 is 1.65. The summed E-state index contributed by atoms with van der Waals surface area (Å²) in [6.45, 7) is 5.23. The highest BCUT2D eigenvalue weighted by molar-refractivity contribution is 7.07. The summed E-state index contributed by atoms with van der Waals surface area (Å²) in [5, 5.41) is 20.6. The average molecular weight is 388 g/mol. The molecule has 1 aliphatic heterocycles. The Morgan fingerprint density at radius 3 is 2.74 bits per heavy atom. The van der Waals surface area contributed by atoms with Crippen molar-refractivity contribution >= 4 is 23.2 Å². The fraction of sp³-hybridized carbons (Fsp3) is 0.526. The van der Waals surface area contributed by atoms with E-state index in [-0.39, 0.29) is 34.7 Å². The van der Waals surface area contributed by atoms with Crippen LogP contribution in [0.4, 0.5) is 0 Å². The molecule has 144 valence electrons. The lowest BCUT2D eigenvalue weighted by Gasteiger charge is -2.34. The lowest BCUT2D eigenvalue weighted by Crippen LogP contribution is -2.42. The van der Waals surface area contributed by atoms with E-state index in [9.17, 15) is 14.7 Å². The molecule has 4 rings (SSSR count). The topological polar surface area (TPSA) is 89.5 Å². The van der Waals surface area contributed by atoms with Crippen LogP contribution >= 0.6 is 11.3 Å². The van der Waals surface area contributed by atoms with Gasteiger partial charge in [0.05, 0.1) is 0 Å². The van der Waals surface area contributed by atoms with E-state index in [0.717, 1.165) is 19.3 Å². The van der Waals surface area contributed by atoms with E-state index in [4.69, 9.17) is 0 Å². The van der Waals surface area contributed by atoms with Crippen LogP contribution in [0.2, 0.25) is 0 Å². The number of carbonyl (C=O) groups is 2. The maximum Gasteiger partial charge on any atom is 0.275 e. The highest BCUT2D eigenvalue weighted by atomic mass is 32.1. The number of nitrogens with one attached hydrogen (secondary N) is 1. The first kappa shape index (κ1) is 18.0. The van der Waals surface area contributed by atoms with E-state index in [1.165, 1.54) is 5.56 Å². The molecule has 2 amide bonds. The van der Waals surface area contributed by atoms with E-state index < -0.39 is 0 Å². The molecule has 0 radical (unpaired) electrons. The number of aromatic amines is 1. The summed E-state index contributed by atoms with van der Waals surface area (Å²) in [6, 6.07) is 2.32. The lowest BCUT2D eigenvalue weighted by molar-refractivity contribution is -0.130. The van der Waals surface area contributed by atoms with Crippen LogP contribution in [-0.2, 0) is 11.3 Å². The first-order valence-electron chi connectivity index (χ1n) is 9.23. The Morgan fingerprint density at radius 2 is 2.19 bits per heavy atom. The molecule has 1 unspecified atom stereocenters. The highest BCUT2D eigenvalue weighted by Crippen LogP contribution is 2.57. The number of H-pyrrole nitrogens is 1. The van der Waals surface area contributed by atoms with Gasteiger partial charge in [-0.05, 0) is 54.0 Å². The van der Waals surface area contributed by atoms with Crippen molar-refractivity contribution in [1.29, 1.82) is 0 Å². The minimum atomic E-state index is -0.207. The molecule has 2 aromatic heterocycles.